The molecular weight excluding hydrogens is 356 g/mol. The Morgan fingerprint density at radius 2 is 1.93 bits per heavy atom. The summed E-state index contributed by atoms with van der Waals surface area (Å²) in [5, 5.41) is 6.00. The first-order valence-electron chi connectivity index (χ1n) is 8.61. The van der Waals surface area contributed by atoms with Crippen molar-refractivity contribution in [1.29, 1.82) is 0 Å². The van der Waals surface area contributed by atoms with Crippen molar-refractivity contribution in [2.75, 3.05) is 24.7 Å². The second-order valence-corrected chi connectivity index (χ2v) is 7.36. The third kappa shape index (κ3) is 5.08. The summed E-state index contributed by atoms with van der Waals surface area (Å²) < 4.78 is 0. The van der Waals surface area contributed by atoms with Crippen molar-refractivity contribution in [3.63, 3.8) is 0 Å². The van der Waals surface area contributed by atoms with Gasteiger partial charge < -0.3 is 4.90 Å². The number of carbonyl (C=O) groups excluding carboxylic acids is 1. The molecule has 0 aliphatic heterocycles. The van der Waals surface area contributed by atoms with E-state index in [1.807, 2.05) is 67.5 Å². The monoisotopic (exact) mass is 378 g/mol. The molecule has 0 aliphatic carbocycles. The van der Waals surface area contributed by atoms with Gasteiger partial charge in [0.25, 0.3) is 0 Å². The number of hydrogen-bond acceptors (Lipinski definition) is 5. The van der Waals surface area contributed by atoms with Gasteiger partial charge in [0.2, 0.25) is 5.91 Å². The fourth-order valence-corrected chi connectivity index (χ4v) is 3.37. The fraction of sp³-hybridized carbons (Fsp3) is 0.190. The Balaban J connectivity index is 1.54. The molecule has 6 heteroatoms. The maximum Gasteiger partial charge on any atom is 0.250 e. The van der Waals surface area contributed by atoms with Gasteiger partial charge in [0.1, 0.15) is 0 Å². The zero-order valence-electron chi connectivity index (χ0n) is 15.6. The molecule has 0 fully saturated rings. The van der Waals surface area contributed by atoms with E-state index in [4.69, 9.17) is 0 Å². The molecule has 1 aromatic heterocycles. The first-order valence-corrected chi connectivity index (χ1v) is 9.60. The maximum atomic E-state index is 12.0. The molecule has 3 rings (SSSR count). The predicted molar refractivity (Wildman–Crippen MR) is 114 cm³/mol. The first kappa shape index (κ1) is 18.9. The van der Waals surface area contributed by atoms with Crippen LogP contribution in [-0.4, -0.2) is 37.0 Å². The Labute approximate surface area is 163 Å². The molecule has 3 aromatic rings. The van der Waals surface area contributed by atoms with E-state index in [1.165, 1.54) is 11.8 Å². The number of benzene rings is 2. The number of thioether (sulfide) groups is 1. The van der Waals surface area contributed by atoms with E-state index in [-0.39, 0.29) is 11.7 Å². The molecule has 0 spiro atoms. The number of anilines is 1. The minimum atomic E-state index is -0.159. The van der Waals surface area contributed by atoms with Gasteiger partial charge in [-0.3, -0.25) is 4.79 Å². The lowest BCUT2D eigenvalue weighted by Crippen LogP contribution is -2.19. The number of hydrogen-bond donors (Lipinski definition) is 1. The van der Waals surface area contributed by atoms with E-state index < -0.39 is 0 Å². The third-order valence-corrected chi connectivity index (χ3v) is 4.97. The van der Waals surface area contributed by atoms with E-state index in [1.54, 1.807) is 6.21 Å². The summed E-state index contributed by atoms with van der Waals surface area (Å²) in [4.78, 5) is 18.6. The molecule has 1 heterocycles. The molecule has 2 aromatic carbocycles. The fourth-order valence-electron chi connectivity index (χ4n) is 2.60. The molecule has 0 aliphatic rings. The number of nitrogens with zero attached hydrogens (tertiary/aromatic N) is 3. The molecule has 138 valence electrons. The van der Waals surface area contributed by atoms with E-state index in [9.17, 15) is 4.79 Å². The summed E-state index contributed by atoms with van der Waals surface area (Å²) in [6.07, 6.45) is 1.64. The van der Waals surface area contributed by atoms with Crippen molar-refractivity contribution in [3.8, 4) is 0 Å². The van der Waals surface area contributed by atoms with Crippen LogP contribution in [0.25, 0.3) is 10.9 Å². The van der Waals surface area contributed by atoms with Crippen molar-refractivity contribution >= 4 is 40.5 Å². The summed E-state index contributed by atoms with van der Waals surface area (Å²) in [6, 6.07) is 18.0. The summed E-state index contributed by atoms with van der Waals surface area (Å²) >= 11 is 1.41. The smallest absolute Gasteiger partial charge is 0.250 e. The SMILES string of the molecule is Cc1cc(SCC(=O)NN=Cc2ccc(N(C)C)cc2)nc2ccccc12. The molecule has 0 bridgehead atoms. The summed E-state index contributed by atoms with van der Waals surface area (Å²) in [5.41, 5.74) is 6.71. The highest BCUT2D eigenvalue weighted by molar-refractivity contribution is 7.99. The van der Waals surface area contributed by atoms with Gasteiger partial charge in [-0.2, -0.15) is 5.10 Å². The van der Waals surface area contributed by atoms with Crippen LogP contribution in [-0.2, 0) is 4.79 Å². The minimum Gasteiger partial charge on any atom is -0.378 e. The Morgan fingerprint density at radius 1 is 1.19 bits per heavy atom. The molecule has 5 nitrogen and oxygen atoms in total. The number of hydrazone groups is 1. The lowest BCUT2D eigenvalue weighted by Gasteiger charge is -2.11. The standard InChI is InChI=1S/C21H22N4OS/c1-15-12-21(23-19-7-5-4-6-18(15)19)27-14-20(26)24-22-13-16-8-10-17(11-9-16)25(2)3/h4-13H,14H2,1-3H3,(H,24,26). The third-order valence-electron chi connectivity index (χ3n) is 4.06. The zero-order valence-corrected chi connectivity index (χ0v) is 16.5. The van der Waals surface area contributed by atoms with E-state index in [0.29, 0.717) is 0 Å². The van der Waals surface area contributed by atoms with Crippen LogP contribution in [0.2, 0.25) is 0 Å². The summed E-state index contributed by atoms with van der Waals surface area (Å²) in [7, 11) is 3.99. The van der Waals surface area contributed by atoms with E-state index >= 15 is 0 Å². The number of para-hydroxylation sites is 1. The average Bonchev–Trinajstić information content (AvgIpc) is 2.67. The van der Waals surface area contributed by atoms with Gasteiger partial charge in [0.05, 0.1) is 22.5 Å². The van der Waals surface area contributed by atoms with Crippen molar-refractivity contribution < 1.29 is 4.79 Å². The number of aromatic nitrogens is 1. The van der Waals surface area contributed by atoms with Gasteiger partial charge in [-0.25, -0.2) is 10.4 Å². The van der Waals surface area contributed by atoms with Crippen molar-refractivity contribution in [1.82, 2.24) is 10.4 Å². The van der Waals surface area contributed by atoms with Gasteiger partial charge >= 0.3 is 0 Å². The van der Waals surface area contributed by atoms with Crippen LogP contribution in [0.1, 0.15) is 11.1 Å². The molecule has 0 saturated carbocycles. The number of carbonyl (C=O) groups is 1. The van der Waals surface area contributed by atoms with Crippen LogP contribution in [0, 0.1) is 6.92 Å². The predicted octanol–water partition coefficient (Wildman–Crippen LogP) is 3.85. The maximum absolute atomic E-state index is 12.0. The van der Waals surface area contributed by atoms with Gasteiger partial charge in [0.15, 0.2) is 0 Å². The van der Waals surface area contributed by atoms with E-state index in [2.05, 4.69) is 28.5 Å². The van der Waals surface area contributed by atoms with Crippen molar-refractivity contribution in [2.24, 2.45) is 5.10 Å². The number of aryl methyl sites for hydroxylation is 1. The van der Waals surface area contributed by atoms with Crippen LogP contribution in [0.15, 0.2) is 64.7 Å². The lowest BCUT2D eigenvalue weighted by molar-refractivity contribution is -0.118. The number of amides is 1. The highest BCUT2D eigenvalue weighted by atomic mass is 32.2. The molecule has 1 amide bonds. The normalized spacial score (nSPS) is 11.1. The van der Waals surface area contributed by atoms with E-state index in [0.717, 1.165) is 32.7 Å². The topological polar surface area (TPSA) is 57.6 Å². The quantitative estimate of drug-likeness (QED) is 0.402. The molecule has 0 unspecified atom stereocenters. The summed E-state index contributed by atoms with van der Waals surface area (Å²) in [6.45, 7) is 2.06. The van der Waals surface area contributed by atoms with Crippen LogP contribution < -0.4 is 10.3 Å². The van der Waals surface area contributed by atoms with Gasteiger partial charge in [-0.1, -0.05) is 42.1 Å². The number of rotatable bonds is 6. The van der Waals surface area contributed by atoms with Crippen molar-refractivity contribution in [3.05, 3.63) is 65.7 Å². The van der Waals surface area contributed by atoms with Crippen LogP contribution in [0.4, 0.5) is 5.69 Å². The second-order valence-electron chi connectivity index (χ2n) is 6.36. The lowest BCUT2D eigenvalue weighted by atomic mass is 10.1. The molecule has 27 heavy (non-hydrogen) atoms. The molecule has 0 atom stereocenters. The highest BCUT2D eigenvalue weighted by Crippen LogP contribution is 2.23. The largest absolute Gasteiger partial charge is 0.378 e. The van der Waals surface area contributed by atoms with Crippen LogP contribution in [0.5, 0.6) is 0 Å². The zero-order chi connectivity index (χ0) is 19.2. The Hall–Kier alpha value is -2.86. The Morgan fingerprint density at radius 3 is 2.67 bits per heavy atom. The van der Waals surface area contributed by atoms with Crippen LogP contribution in [0.3, 0.4) is 0 Å². The highest BCUT2D eigenvalue weighted by Gasteiger charge is 2.06. The molecule has 0 saturated heterocycles. The molecule has 1 N–H and O–H groups in total. The first-order chi connectivity index (χ1) is 13.0. The summed E-state index contributed by atoms with van der Waals surface area (Å²) in [5.74, 6) is 0.107. The van der Waals surface area contributed by atoms with Gasteiger partial charge in [-0.05, 0) is 42.3 Å². The van der Waals surface area contributed by atoms with Gasteiger partial charge in [-0.15, -0.1) is 0 Å². The molecule has 0 radical (unpaired) electrons. The average molecular weight is 379 g/mol. The number of fused-ring (bicyclic) bond motifs is 1. The number of nitrogens with one attached hydrogen (secondary N) is 1. The van der Waals surface area contributed by atoms with Crippen LogP contribution >= 0.6 is 11.8 Å². The second kappa shape index (κ2) is 8.68. The van der Waals surface area contributed by atoms with Gasteiger partial charge in [0, 0.05) is 25.2 Å². The Kier molecular flexibility index (Phi) is 6.08. The minimum absolute atomic E-state index is 0.159. The van der Waals surface area contributed by atoms with Crippen molar-refractivity contribution in [2.45, 2.75) is 11.9 Å². The number of pyridine rings is 1. The molecular formula is C21H22N4OS. The Bertz CT molecular complexity index is 968.